The van der Waals surface area contributed by atoms with Crippen molar-refractivity contribution in [3.8, 4) is 17.6 Å². The monoisotopic (exact) mass is 680 g/mol. The minimum absolute atomic E-state index is 0.149. The van der Waals surface area contributed by atoms with E-state index < -0.39 is 12.0 Å². The molecule has 1 atom stereocenters. The molecule has 3 heterocycles. The Labute approximate surface area is 291 Å². The summed E-state index contributed by atoms with van der Waals surface area (Å²) >= 11 is 1.26. The summed E-state index contributed by atoms with van der Waals surface area (Å²) in [6.45, 7) is 2.38. The molecular formula is C40H32N4O5S. The normalized spacial score (nSPS) is 14.2. The number of hydrogen-bond acceptors (Lipinski definition) is 8. The van der Waals surface area contributed by atoms with Gasteiger partial charge in [-0.3, -0.25) is 9.36 Å². The van der Waals surface area contributed by atoms with Crippen molar-refractivity contribution in [1.29, 1.82) is 5.26 Å². The highest BCUT2D eigenvalue weighted by atomic mass is 32.1. The predicted octanol–water partition coefficient (Wildman–Crippen LogP) is 5.83. The van der Waals surface area contributed by atoms with E-state index in [9.17, 15) is 14.9 Å². The lowest BCUT2D eigenvalue weighted by Gasteiger charge is -2.26. The number of para-hydroxylation sites is 1. The van der Waals surface area contributed by atoms with Crippen molar-refractivity contribution in [3.63, 3.8) is 0 Å². The number of nitriles is 1. The molecule has 6 aromatic rings. The number of esters is 1. The summed E-state index contributed by atoms with van der Waals surface area (Å²) in [5.74, 6) is 0.409. The topological polar surface area (TPSA) is 108 Å². The van der Waals surface area contributed by atoms with Crippen LogP contribution >= 0.6 is 11.3 Å². The first-order valence-corrected chi connectivity index (χ1v) is 16.8. The number of nitrogens with zero attached hydrogens (tertiary/aromatic N) is 4. The predicted molar refractivity (Wildman–Crippen MR) is 193 cm³/mol. The standard InChI is InChI=1S/C40H32N4O5S/c1-4-49-39(46)35-36(25-12-6-5-7-13-25)42-40-44(37(35)26-18-19-32(47-2)33(20-26)48-3)38(45)34(50-40)21-29-24-43(31-17-11-10-16-30(29)31)23-28-15-9-8-14-27(28)22-41/h5-21,24,37H,4,23H2,1-3H3/b34-21+/t37-/m1/s1. The fourth-order valence-electron chi connectivity index (χ4n) is 6.39. The third-order valence-corrected chi connectivity index (χ3v) is 9.66. The van der Waals surface area contributed by atoms with Crippen LogP contribution in [0.1, 0.15) is 40.8 Å². The molecule has 0 spiro atoms. The molecule has 0 aliphatic carbocycles. The van der Waals surface area contributed by atoms with Gasteiger partial charge < -0.3 is 18.8 Å². The van der Waals surface area contributed by atoms with Crippen molar-refractivity contribution >= 4 is 40.0 Å². The van der Waals surface area contributed by atoms with Crippen molar-refractivity contribution in [2.45, 2.75) is 19.5 Å². The Hall–Kier alpha value is -6.18. The number of thiazole rings is 1. The summed E-state index contributed by atoms with van der Waals surface area (Å²) in [7, 11) is 3.09. The molecular weight excluding hydrogens is 649 g/mol. The molecule has 4 aromatic carbocycles. The van der Waals surface area contributed by atoms with Gasteiger partial charge in [0.2, 0.25) is 0 Å². The Kier molecular flexibility index (Phi) is 8.90. The van der Waals surface area contributed by atoms with Crippen LogP contribution in [-0.4, -0.2) is 35.9 Å². The Morgan fingerprint density at radius 1 is 0.960 bits per heavy atom. The highest BCUT2D eigenvalue weighted by molar-refractivity contribution is 7.07. The number of carbonyl (C=O) groups is 1. The maximum absolute atomic E-state index is 14.6. The highest BCUT2D eigenvalue weighted by Gasteiger charge is 2.35. The number of hydrogen-bond donors (Lipinski definition) is 0. The molecule has 9 nitrogen and oxygen atoms in total. The van der Waals surface area contributed by atoms with E-state index in [-0.39, 0.29) is 17.7 Å². The van der Waals surface area contributed by atoms with E-state index in [0.29, 0.717) is 44.2 Å². The Morgan fingerprint density at radius 2 is 1.70 bits per heavy atom. The van der Waals surface area contributed by atoms with Crippen LogP contribution in [0.5, 0.6) is 11.5 Å². The van der Waals surface area contributed by atoms with Gasteiger partial charge in [-0.05, 0) is 48.4 Å². The minimum atomic E-state index is -0.869. The molecule has 50 heavy (non-hydrogen) atoms. The molecule has 248 valence electrons. The van der Waals surface area contributed by atoms with E-state index in [1.54, 1.807) is 37.8 Å². The second kappa shape index (κ2) is 13.7. The molecule has 0 amide bonds. The third-order valence-electron chi connectivity index (χ3n) is 8.68. The number of rotatable bonds is 9. The van der Waals surface area contributed by atoms with Crippen LogP contribution in [0.2, 0.25) is 0 Å². The minimum Gasteiger partial charge on any atom is -0.493 e. The number of aromatic nitrogens is 2. The van der Waals surface area contributed by atoms with Crippen molar-refractivity contribution in [1.82, 2.24) is 9.13 Å². The van der Waals surface area contributed by atoms with E-state index >= 15 is 0 Å². The molecule has 10 heteroatoms. The molecule has 0 saturated carbocycles. The summed E-state index contributed by atoms with van der Waals surface area (Å²) in [6.07, 6.45) is 3.88. The zero-order valence-corrected chi connectivity index (χ0v) is 28.4. The van der Waals surface area contributed by atoms with Crippen LogP contribution in [-0.2, 0) is 16.1 Å². The lowest BCUT2D eigenvalue weighted by atomic mass is 9.93. The zero-order chi connectivity index (χ0) is 34.8. The lowest BCUT2D eigenvalue weighted by Crippen LogP contribution is -2.40. The van der Waals surface area contributed by atoms with Crippen molar-refractivity contribution in [2.75, 3.05) is 20.8 Å². The van der Waals surface area contributed by atoms with Gasteiger partial charge in [0.25, 0.3) is 5.56 Å². The molecule has 2 aromatic heterocycles. The van der Waals surface area contributed by atoms with Gasteiger partial charge in [0.05, 0.1) is 54.3 Å². The molecule has 0 N–H and O–H groups in total. The fraction of sp³-hybridized carbons (Fsp3) is 0.150. The number of carbonyl (C=O) groups excluding carboxylic acids is 1. The van der Waals surface area contributed by atoms with E-state index in [1.165, 1.54) is 11.3 Å². The van der Waals surface area contributed by atoms with Gasteiger partial charge in [0.15, 0.2) is 16.3 Å². The molecule has 1 aliphatic heterocycles. The first-order valence-electron chi connectivity index (χ1n) is 16.0. The number of fused-ring (bicyclic) bond motifs is 2. The van der Waals surface area contributed by atoms with Crippen LogP contribution in [0.4, 0.5) is 0 Å². The molecule has 0 radical (unpaired) electrons. The molecule has 7 rings (SSSR count). The number of benzene rings is 4. The van der Waals surface area contributed by atoms with E-state index in [0.717, 1.165) is 27.6 Å². The first kappa shape index (κ1) is 32.4. The van der Waals surface area contributed by atoms with Gasteiger partial charge >= 0.3 is 5.97 Å². The summed E-state index contributed by atoms with van der Waals surface area (Å²) in [5.41, 5.74) is 5.07. The lowest BCUT2D eigenvalue weighted by molar-refractivity contribution is -0.138. The smallest absolute Gasteiger partial charge is 0.338 e. The SMILES string of the molecule is CCOC(=O)C1=C(c2ccccc2)N=c2s/c(=C/c3cn(Cc4ccccc4C#N)c4ccccc34)c(=O)n2[C@@H]1c1ccc(OC)c(OC)c1. The zero-order valence-electron chi connectivity index (χ0n) is 27.6. The molecule has 0 unspecified atom stereocenters. The van der Waals surface area contributed by atoms with Crippen LogP contribution in [0.15, 0.2) is 119 Å². The number of ether oxygens (including phenoxy) is 3. The van der Waals surface area contributed by atoms with E-state index in [1.807, 2.05) is 97.2 Å². The maximum Gasteiger partial charge on any atom is 0.338 e. The fourth-order valence-corrected chi connectivity index (χ4v) is 7.38. The average molecular weight is 681 g/mol. The molecule has 0 saturated heterocycles. The van der Waals surface area contributed by atoms with E-state index in [4.69, 9.17) is 19.2 Å². The largest absolute Gasteiger partial charge is 0.493 e. The highest BCUT2D eigenvalue weighted by Crippen LogP contribution is 2.38. The Balaban J connectivity index is 1.46. The van der Waals surface area contributed by atoms with Crippen molar-refractivity contribution < 1.29 is 19.0 Å². The van der Waals surface area contributed by atoms with E-state index in [2.05, 4.69) is 10.6 Å². The summed E-state index contributed by atoms with van der Waals surface area (Å²) in [5, 5.41) is 10.7. The van der Waals surface area contributed by atoms with Gasteiger partial charge in [-0.1, -0.05) is 84.1 Å². The van der Waals surface area contributed by atoms with Gasteiger partial charge in [-0.2, -0.15) is 5.26 Å². The third kappa shape index (κ3) is 5.78. The molecule has 0 fully saturated rings. The van der Waals surface area contributed by atoms with Crippen molar-refractivity contribution in [3.05, 3.63) is 156 Å². The van der Waals surface area contributed by atoms with Crippen LogP contribution < -0.4 is 24.4 Å². The summed E-state index contributed by atoms with van der Waals surface area (Å²) < 4.78 is 20.8. The second-order valence-corrected chi connectivity index (χ2v) is 12.6. The molecule has 1 aliphatic rings. The van der Waals surface area contributed by atoms with Crippen molar-refractivity contribution in [2.24, 2.45) is 4.99 Å². The first-order chi connectivity index (χ1) is 24.4. The van der Waals surface area contributed by atoms with Gasteiger partial charge in [0, 0.05) is 34.8 Å². The maximum atomic E-state index is 14.6. The summed E-state index contributed by atoms with van der Waals surface area (Å²) in [4.78, 5) is 33.9. The average Bonchev–Trinajstić information content (AvgIpc) is 3.66. The van der Waals surface area contributed by atoms with Gasteiger partial charge in [-0.15, -0.1) is 0 Å². The Morgan fingerprint density at radius 3 is 2.46 bits per heavy atom. The number of methoxy groups -OCH3 is 2. The molecule has 0 bridgehead atoms. The van der Waals surface area contributed by atoms with Crippen LogP contribution in [0, 0.1) is 11.3 Å². The summed E-state index contributed by atoms with van der Waals surface area (Å²) in [6, 6.07) is 31.7. The van der Waals surface area contributed by atoms with Gasteiger partial charge in [0.1, 0.15) is 0 Å². The van der Waals surface area contributed by atoms with Crippen LogP contribution in [0.25, 0.3) is 22.7 Å². The van der Waals surface area contributed by atoms with Crippen LogP contribution in [0.3, 0.4) is 0 Å². The second-order valence-electron chi connectivity index (χ2n) is 11.5. The Bertz CT molecular complexity index is 2520. The van der Waals surface area contributed by atoms with Gasteiger partial charge in [-0.25, -0.2) is 9.79 Å². The quantitative estimate of drug-likeness (QED) is 0.178.